The molecule has 0 saturated heterocycles. The van der Waals surface area contributed by atoms with Gasteiger partial charge in [-0.05, 0) is 43.3 Å². The number of nitrogens with zero attached hydrogens (tertiary/aromatic N) is 1. The van der Waals surface area contributed by atoms with E-state index in [4.69, 9.17) is 18.9 Å². The lowest BCUT2D eigenvalue weighted by atomic mass is 10.1. The molecule has 0 aliphatic carbocycles. The number of hydrogen-bond acceptors (Lipinski definition) is 7. The van der Waals surface area contributed by atoms with E-state index in [9.17, 15) is 4.79 Å². The summed E-state index contributed by atoms with van der Waals surface area (Å²) in [5.41, 5.74) is 2.18. The Kier molecular flexibility index (Phi) is 5.84. The average molecular weight is 382 g/mol. The van der Waals surface area contributed by atoms with Crippen LogP contribution in [-0.4, -0.2) is 38.9 Å². The number of benzene rings is 2. The largest absolute Gasteiger partial charge is 0.497 e. The average Bonchev–Trinajstić information content (AvgIpc) is 2.73. The highest BCUT2D eigenvalue weighted by Crippen LogP contribution is 2.35. The van der Waals surface area contributed by atoms with E-state index in [-0.39, 0.29) is 5.69 Å². The van der Waals surface area contributed by atoms with Gasteiger partial charge in [0.1, 0.15) is 17.2 Å². The van der Waals surface area contributed by atoms with Crippen molar-refractivity contribution in [3.05, 3.63) is 48.2 Å². The van der Waals surface area contributed by atoms with Crippen LogP contribution in [0.1, 0.15) is 17.4 Å². The molecule has 0 radical (unpaired) electrons. The molecule has 0 aliphatic heterocycles. The monoisotopic (exact) mass is 382 g/mol. The summed E-state index contributed by atoms with van der Waals surface area (Å²) >= 11 is 0. The molecule has 1 N–H and O–H groups in total. The van der Waals surface area contributed by atoms with Crippen LogP contribution in [0.15, 0.2) is 42.5 Å². The first-order valence-corrected chi connectivity index (χ1v) is 8.74. The number of fused-ring (bicyclic) bond motifs is 1. The van der Waals surface area contributed by atoms with E-state index >= 15 is 0 Å². The number of rotatable bonds is 7. The van der Waals surface area contributed by atoms with Crippen LogP contribution >= 0.6 is 0 Å². The Labute approximate surface area is 163 Å². The van der Waals surface area contributed by atoms with Gasteiger partial charge >= 0.3 is 5.97 Å². The van der Waals surface area contributed by atoms with Crippen LogP contribution in [0.3, 0.4) is 0 Å². The van der Waals surface area contributed by atoms with Gasteiger partial charge in [-0.15, -0.1) is 0 Å². The molecule has 0 spiro atoms. The Morgan fingerprint density at radius 3 is 2.43 bits per heavy atom. The molecule has 3 rings (SSSR count). The van der Waals surface area contributed by atoms with Crippen LogP contribution in [0.5, 0.6) is 17.2 Å². The first-order valence-electron chi connectivity index (χ1n) is 8.74. The van der Waals surface area contributed by atoms with Gasteiger partial charge in [-0.1, -0.05) is 0 Å². The highest BCUT2D eigenvalue weighted by molar-refractivity contribution is 5.99. The lowest BCUT2D eigenvalue weighted by Gasteiger charge is -2.15. The van der Waals surface area contributed by atoms with Crippen LogP contribution in [-0.2, 0) is 4.74 Å². The number of nitrogens with one attached hydrogen (secondary N) is 1. The molecule has 0 bridgehead atoms. The molecule has 0 unspecified atom stereocenters. The normalized spacial score (nSPS) is 10.4. The van der Waals surface area contributed by atoms with Crippen molar-refractivity contribution in [3.8, 4) is 17.2 Å². The Morgan fingerprint density at radius 2 is 1.75 bits per heavy atom. The fourth-order valence-corrected chi connectivity index (χ4v) is 2.83. The summed E-state index contributed by atoms with van der Waals surface area (Å²) in [6.45, 7) is 2.47. The molecule has 1 aromatic heterocycles. The highest BCUT2D eigenvalue weighted by atomic mass is 16.5. The van der Waals surface area contributed by atoms with Crippen molar-refractivity contribution in [1.29, 1.82) is 0 Å². The number of pyridine rings is 1. The van der Waals surface area contributed by atoms with E-state index in [1.165, 1.54) is 7.11 Å². The van der Waals surface area contributed by atoms with Crippen molar-refractivity contribution in [2.75, 3.05) is 33.3 Å². The molecule has 1 heterocycles. The Hall–Kier alpha value is -3.48. The van der Waals surface area contributed by atoms with Crippen LogP contribution < -0.4 is 19.5 Å². The number of methoxy groups -OCH3 is 3. The Bertz CT molecular complexity index is 1000. The van der Waals surface area contributed by atoms with E-state index in [1.807, 2.05) is 31.2 Å². The second kappa shape index (κ2) is 8.47. The standard InChI is InChI=1S/C21H22N2O5/c1-5-28-14-6-8-16-15(10-14)17(12-19(22-16)21(24)27-4)23-18-11-13(25-2)7-9-20(18)26-3/h6-12H,5H2,1-4H3,(H,22,23). The van der Waals surface area contributed by atoms with Gasteiger partial charge in [-0.25, -0.2) is 9.78 Å². The van der Waals surface area contributed by atoms with Crippen molar-refractivity contribution >= 4 is 28.2 Å². The van der Waals surface area contributed by atoms with Crippen molar-refractivity contribution in [2.45, 2.75) is 6.92 Å². The van der Waals surface area contributed by atoms with Crippen molar-refractivity contribution < 1.29 is 23.7 Å². The van der Waals surface area contributed by atoms with E-state index in [0.717, 1.165) is 5.39 Å². The van der Waals surface area contributed by atoms with Crippen LogP contribution in [0.2, 0.25) is 0 Å². The summed E-state index contributed by atoms with van der Waals surface area (Å²) < 4.78 is 21.2. The van der Waals surface area contributed by atoms with E-state index < -0.39 is 5.97 Å². The van der Waals surface area contributed by atoms with Gasteiger partial charge in [0.2, 0.25) is 0 Å². The number of esters is 1. The third kappa shape index (κ3) is 3.93. The third-order valence-corrected chi connectivity index (χ3v) is 4.16. The predicted octanol–water partition coefficient (Wildman–Crippen LogP) is 4.18. The molecule has 2 aromatic carbocycles. The Balaban J connectivity index is 2.16. The number of aromatic nitrogens is 1. The van der Waals surface area contributed by atoms with Crippen LogP contribution in [0, 0.1) is 0 Å². The van der Waals surface area contributed by atoms with Gasteiger partial charge in [0, 0.05) is 11.5 Å². The van der Waals surface area contributed by atoms with E-state index in [1.54, 1.807) is 32.4 Å². The maximum atomic E-state index is 12.1. The number of hydrogen-bond donors (Lipinski definition) is 1. The van der Waals surface area contributed by atoms with Crippen LogP contribution in [0.25, 0.3) is 10.9 Å². The topological polar surface area (TPSA) is 78.9 Å². The zero-order valence-corrected chi connectivity index (χ0v) is 16.2. The molecule has 0 saturated carbocycles. The van der Waals surface area contributed by atoms with Gasteiger partial charge in [0.15, 0.2) is 5.69 Å². The van der Waals surface area contributed by atoms with Gasteiger partial charge in [0.05, 0.1) is 44.8 Å². The molecule has 0 fully saturated rings. The summed E-state index contributed by atoms with van der Waals surface area (Å²) in [6, 6.07) is 12.6. The van der Waals surface area contributed by atoms with Crippen molar-refractivity contribution in [1.82, 2.24) is 4.98 Å². The molecule has 146 valence electrons. The zero-order chi connectivity index (χ0) is 20.1. The predicted molar refractivity (Wildman–Crippen MR) is 107 cm³/mol. The molecule has 0 amide bonds. The molecular weight excluding hydrogens is 360 g/mol. The van der Waals surface area contributed by atoms with E-state index in [0.29, 0.717) is 40.7 Å². The summed E-state index contributed by atoms with van der Waals surface area (Å²) in [5, 5.41) is 4.12. The Morgan fingerprint density at radius 1 is 0.964 bits per heavy atom. The van der Waals surface area contributed by atoms with Gasteiger partial charge in [0.25, 0.3) is 0 Å². The zero-order valence-electron chi connectivity index (χ0n) is 16.2. The number of carbonyl (C=O) groups excluding carboxylic acids is 1. The molecular formula is C21H22N2O5. The SMILES string of the molecule is CCOc1ccc2nc(C(=O)OC)cc(Nc3cc(OC)ccc3OC)c2c1. The van der Waals surface area contributed by atoms with E-state index in [2.05, 4.69) is 10.3 Å². The summed E-state index contributed by atoms with van der Waals surface area (Å²) in [7, 11) is 4.51. The fourth-order valence-electron chi connectivity index (χ4n) is 2.83. The minimum atomic E-state index is -0.517. The molecule has 3 aromatic rings. The minimum Gasteiger partial charge on any atom is -0.497 e. The number of carbonyl (C=O) groups is 1. The lowest BCUT2D eigenvalue weighted by molar-refractivity contribution is 0.0594. The minimum absolute atomic E-state index is 0.198. The van der Waals surface area contributed by atoms with Crippen LogP contribution in [0.4, 0.5) is 11.4 Å². The van der Waals surface area contributed by atoms with Gasteiger partial charge in [-0.2, -0.15) is 0 Å². The second-order valence-corrected chi connectivity index (χ2v) is 5.85. The fraction of sp³-hybridized carbons (Fsp3) is 0.238. The summed E-state index contributed by atoms with van der Waals surface area (Å²) in [4.78, 5) is 16.5. The number of anilines is 2. The summed E-state index contributed by atoms with van der Waals surface area (Å²) in [5.74, 6) is 1.50. The molecule has 0 aliphatic rings. The highest BCUT2D eigenvalue weighted by Gasteiger charge is 2.15. The third-order valence-electron chi connectivity index (χ3n) is 4.16. The molecule has 0 atom stereocenters. The second-order valence-electron chi connectivity index (χ2n) is 5.85. The first kappa shape index (κ1) is 19.3. The van der Waals surface area contributed by atoms with Gasteiger partial charge < -0.3 is 24.3 Å². The molecule has 7 nitrogen and oxygen atoms in total. The summed E-state index contributed by atoms with van der Waals surface area (Å²) in [6.07, 6.45) is 0. The van der Waals surface area contributed by atoms with Crippen molar-refractivity contribution in [2.24, 2.45) is 0 Å². The molecule has 7 heteroatoms. The smallest absolute Gasteiger partial charge is 0.356 e. The molecule has 28 heavy (non-hydrogen) atoms. The number of ether oxygens (including phenoxy) is 4. The maximum absolute atomic E-state index is 12.1. The van der Waals surface area contributed by atoms with Gasteiger partial charge in [-0.3, -0.25) is 0 Å². The first-order chi connectivity index (χ1) is 13.6. The van der Waals surface area contributed by atoms with Crippen molar-refractivity contribution in [3.63, 3.8) is 0 Å². The quantitative estimate of drug-likeness (QED) is 0.614. The maximum Gasteiger partial charge on any atom is 0.356 e. The lowest BCUT2D eigenvalue weighted by Crippen LogP contribution is -2.06.